The van der Waals surface area contributed by atoms with E-state index in [-0.39, 0.29) is 5.91 Å². The van der Waals surface area contributed by atoms with Gasteiger partial charge in [0.25, 0.3) is 0 Å². The van der Waals surface area contributed by atoms with Crippen LogP contribution in [-0.4, -0.2) is 40.0 Å². The van der Waals surface area contributed by atoms with E-state index in [4.69, 9.17) is 0 Å². The number of carbonyl (C=O) groups excluding carboxylic acids is 1. The molecule has 1 N–H and O–H groups in total. The van der Waals surface area contributed by atoms with Crippen LogP contribution in [0.15, 0.2) is 41.1 Å². The first kappa shape index (κ1) is 17.2. The second-order valence-electron chi connectivity index (χ2n) is 6.40. The summed E-state index contributed by atoms with van der Waals surface area (Å²) >= 11 is 3.40. The molecule has 2 aromatic rings. The molecule has 0 saturated carbocycles. The molecule has 6 heteroatoms. The Morgan fingerprint density at radius 3 is 2.62 bits per heavy atom. The summed E-state index contributed by atoms with van der Waals surface area (Å²) in [6.45, 7) is 5.50. The Bertz CT molecular complexity index is 675. The van der Waals surface area contributed by atoms with Crippen LogP contribution in [0.25, 0.3) is 0 Å². The van der Waals surface area contributed by atoms with Crippen LogP contribution >= 0.6 is 15.9 Å². The van der Waals surface area contributed by atoms with Crippen molar-refractivity contribution in [3.63, 3.8) is 0 Å². The van der Waals surface area contributed by atoms with Gasteiger partial charge in [-0.2, -0.15) is 0 Å². The van der Waals surface area contributed by atoms with Crippen molar-refractivity contribution in [2.24, 2.45) is 5.92 Å². The number of halogens is 1. The van der Waals surface area contributed by atoms with Gasteiger partial charge in [0.15, 0.2) is 0 Å². The maximum absolute atomic E-state index is 12.2. The molecule has 0 spiro atoms. The molecule has 24 heavy (non-hydrogen) atoms. The number of likely N-dealkylation sites (tertiary alicyclic amines) is 1. The molecule has 128 valence electrons. The highest BCUT2D eigenvalue weighted by atomic mass is 79.9. The predicted octanol–water partition coefficient (Wildman–Crippen LogP) is 3.30. The Balaban J connectivity index is 1.42. The monoisotopic (exact) mass is 390 g/mol. The molecule has 0 radical (unpaired) electrons. The van der Waals surface area contributed by atoms with Crippen molar-refractivity contribution in [2.75, 3.05) is 25.0 Å². The maximum Gasteiger partial charge on any atom is 0.238 e. The highest BCUT2D eigenvalue weighted by molar-refractivity contribution is 9.10. The minimum atomic E-state index is 0.0567. The van der Waals surface area contributed by atoms with Crippen LogP contribution in [0.5, 0.6) is 0 Å². The summed E-state index contributed by atoms with van der Waals surface area (Å²) in [5.41, 5.74) is 0.841. The summed E-state index contributed by atoms with van der Waals surface area (Å²) in [5.74, 6) is 1.80. The lowest BCUT2D eigenvalue weighted by Crippen LogP contribution is -2.40. The van der Waals surface area contributed by atoms with Gasteiger partial charge in [-0.25, -0.2) is 4.98 Å². The Kier molecular flexibility index (Phi) is 5.68. The number of benzene rings is 1. The fourth-order valence-corrected chi connectivity index (χ4v) is 3.40. The molecule has 1 fully saturated rings. The van der Waals surface area contributed by atoms with Crippen LogP contribution in [-0.2, 0) is 11.3 Å². The first-order chi connectivity index (χ1) is 11.6. The first-order valence-corrected chi connectivity index (χ1v) is 9.15. The molecule has 1 aliphatic rings. The highest BCUT2D eigenvalue weighted by Crippen LogP contribution is 2.20. The van der Waals surface area contributed by atoms with Gasteiger partial charge in [-0.05, 0) is 63.0 Å². The number of anilines is 1. The normalized spacial score (nSPS) is 16.2. The van der Waals surface area contributed by atoms with Crippen LogP contribution in [0.2, 0.25) is 0 Å². The molecule has 0 bridgehead atoms. The van der Waals surface area contributed by atoms with Crippen molar-refractivity contribution in [1.29, 1.82) is 0 Å². The zero-order valence-corrected chi connectivity index (χ0v) is 15.5. The summed E-state index contributed by atoms with van der Waals surface area (Å²) in [6.07, 6.45) is 6.16. The lowest BCUT2D eigenvalue weighted by Gasteiger charge is -2.31. The molecule has 2 heterocycles. The van der Waals surface area contributed by atoms with Crippen LogP contribution in [0.1, 0.15) is 18.7 Å². The van der Waals surface area contributed by atoms with Crippen molar-refractivity contribution >= 4 is 27.5 Å². The van der Waals surface area contributed by atoms with E-state index >= 15 is 0 Å². The third kappa shape index (κ3) is 4.68. The molecule has 1 amide bonds. The van der Waals surface area contributed by atoms with Crippen molar-refractivity contribution in [3.05, 3.63) is 47.0 Å². The number of nitrogens with one attached hydrogen (secondary N) is 1. The lowest BCUT2D eigenvalue weighted by atomic mass is 9.96. The quantitative estimate of drug-likeness (QED) is 0.851. The molecule has 1 saturated heterocycles. The van der Waals surface area contributed by atoms with Crippen molar-refractivity contribution in [2.45, 2.75) is 26.3 Å². The van der Waals surface area contributed by atoms with Crippen molar-refractivity contribution in [3.8, 4) is 0 Å². The number of rotatable bonds is 5. The summed E-state index contributed by atoms with van der Waals surface area (Å²) in [6, 6.07) is 7.67. The average Bonchev–Trinajstić information content (AvgIpc) is 2.96. The number of imidazole rings is 1. The van der Waals surface area contributed by atoms with Gasteiger partial charge in [0.1, 0.15) is 5.82 Å². The highest BCUT2D eigenvalue weighted by Gasteiger charge is 2.21. The van der Waals surface area contributed by atoms with Gasteiger partial charge in [-0.1, -0.05) is 15.9 Å². The molecule has 0 aliphatic carbocycles. The molecule has 0 unspecified atom stereocenters. The summed E-state index contributed by atoms with van der Waals surface area (Å²) in [7, 11) is 0. The Morgan fingerprint density at radius 1 is 1.29 bits per heavy atom. The number of nitrogens with zero attached hydrogens (tertiary/aromatic N) is 3. The molecule has 3 rings (SSSR count). The second kappa shape index (κ2) is 7.94. The standard InChI is InChI=1S/C18H23BrN4O/c1-14-20-8-11-23(14)12-15-6-9-22(10-7-15)13-18(24)21-17-4-2-16(19)3-5-17/h2-5,8,11,15H,6-7,9-10,12-13H2,1H3,(H,21,24). The number of piperidine rings is 1. The third-order valence-electron chi connectivity index (χ3n) is 4.58. The van der Waals surface area contributed by atoms with E-state index in [9.17, 15) is 4.79 Å². The second-order valence-corrected chi connectivity index (χ2v) is 7.32. The molecule has 5 nitrogen and oxygen atoms in total. The summed E-state index contributed by atoms with van der Waals surface area (Å²) in [4.78, 5) is 18.7. The van der Waals surface area contributed by atoms with Crippen LogP contribution in [0.4, 0.5) is 5.69 Å². The minimum Gasteiger partial charge on any atom is -0.335 e. The van der Waals surface area contributed by atoms with Crippen molar-refractivity contribution in [1.82, 2.24) is 14.5 Å². The number of aryl methyl sites for hydroxylation is 1. The van der Waals surface area contributed by atoms with Gasteiger partial charge in [0, 0.05) is 29.1 Å². The Hall–Kier alpha value is -1.66. The fraction of sp³-hybridized carbons (Fsp3) is 0.444. The van der Waals surface area contributed by atoms with E-state index in [0.29, 0.717) is 12.5 Å². The molecule has 0 atom stereocenters. The van der Waals surface area contributed by atoms with E-state index in [1.807, 2.05) is 43.6 Å². The first-order valence-electron chi connectivity index (χ1n) is 8.35. The lowest BCUT2D eigenvalue weighted by molar-refractivity contribution is -0.117. The van der Waals surface area contributed by atoms with Crippen LogP contribution in [0.3, 0.4) is 0 Å². The van der Waals surface area contributed by atoms with E-state index in [0.717, 1.165) is 48.5 Å². The van der Waals surface area contributed by atoms with Gasteiger partial charge < -0.3 is 9.88 Å². The maximum atomic E-state index is 12.2. The number of amides is 1. The van der Waals surface area contributed by atoms with E-state index in [2.05, 4.69) is 35.7 Å². The number of hydrogen-bond donors (Lipinski definition) is 1. The van der Waals surface area contributed by atoms with Crippen molar-refractivity contribution < 1.29 is 4.79 Å². The molecular formula is C18H23BrN4O. The topological polar surface area (TPSA) is 50.2 Å². The van der Waals surface area contributed by atoms with Gasteiger partial charge in [0.2, 0.25) is 5.91 Å². The predicted molar refractivity (Wildman–Crippen MR) is 98.9 cm³/mol. The summed E-state index contributed by atoms with van der Waals surface area (Å²) in [5, 5.41) is 2.96. The van der Waals surface area contributed by atoms with E-state index < -0.39 is 0 Å². The molecule has 1 aromatic heterocycles. The van der Waals surface area contributed by atoms with Crippen LogP contribution in [0, 0.1) is 12.8 Å². The minimum absolute atomic E-state index is 0.0567. The molecule has 1 aromatic carbocycles. The van der Waals surface area contributed by atoms with Gasteiger partial charge >= 0.3 is 0 Å². The zero-order valence-electron chi connectivity index (χ0n) is 13.9. The fourth-order valence-electron chi connectivity index (χ4n) is 3.14. The van der Waals surface area contributed by atoms with Gasteiger partial charge in [-0.15, -0.1) is 0 Å². The Morgan fingerprint density at radius 2 is 2.00 bits per heavy atom. The SMILES string of the molecule is Cc1nccn1CC1CCN(CC(=O)Nc2ccc(Br)cc2)CC1. The third-order valence-corrected chi connectivity index (χ3v) is 5.11. The summed E-state index contributed by atoms with van der Waals surface area (Å²) < 4.78 is 3.23. The number of carbonyl (C=O) groups is 1. The van der Waals surface area contributed by atoms with Gasteiger partial charge in [-0.3, -0.25) is 9.69 Å². The van der Waals surface area contributed by atoms with Gasteiger partial charge in [0.05, 0.1) is 6.54 Å². The average molecular weight is 391 g/mol. The molecule has 1 aliphatic heterocycles. The number of hydrogen-bond acceptors (Lipinski definition) is 3. The largest absolute Gasteiger partial charge is 0.335 e. The van der Waals surface area contributed by atoms with Crippen LogP contribution < -0.4 is 5.32 Å². The Labute approximate surface area is 151 Å². The zero-order chi connectivity index (χ0) is 16.9. The number of aromatic nitrogens is 2. The smallest absolute Gasteiger partial charge is 0.238 e. The van der Waals surface area contributed by atoms with E-state index in [1.165, 1.54) is 0 Å². The molecular weight excluding hydrogens is 368 g/mol. The van der Waals surface area contributed by atoms with E-state index in [1.54, 1.807) is 0 Å².